The quantitative estimate of drug-likeness (QED) is 0.750. The van der Waals surface area contributed by atoms with Crippen molar-refractivity contribution in [2.75, 3.05) is 0 Å². The molecule has 0 fully saturated rings. The Morgan fingerprint density at radius 2 is 1.88 bits per heavy atom. The van der Waals surface area contributed by atoms with Crippen molar-refractivity contribution in [3.63, 3.8) is 0 Å². The van der Waals surface area contributed by atoms with Gasteiger partial charge in [-0.1, -0.05) is 47.0 Å². The molecule has 1 unspecified atom stereocenters. The van der Waals surface area contributed by atoms with Gasteiger partial charge in [0.1, 0.15) is 0 Å². The molecule has 3 rings (SSSR count). The van der Waals surface area contributed by atoms with Crippen LogP contribution in [0.2, 0.25) is 0 Å². The van der Waals surface area contributed by atoms with Gasteiger partial charge in [0.15, 0.2) is 0 Å². The van der Waals surface area contributed by atoms with Gasteiger partial charge >= 0.3 is 0 Å². The molecular formula is C13H11N3S. The van der Waals surface area contributed by atoms with Gasteiger partial charge in [-0.2, -0.15) is 0 Å². The molecule has 0 bridgehead atoms. The molecule has 0 aliphatic rings. The van der Waals surface area contributed by atoms with Crippen LogP contribution in [0.4, 0.5) is 0 Å². The molecule has 0 aliphatic heterocycles. The van der Waals surface area contributed by atoms with Gasteiger partial charge in [-0.25, -0.2) is 0 Å². The van der Waals surface area contributed by atoms with E-state index in [-0.39, 0.29) is 6.04 Å². The van der Waals surface area contributed by atoms with Gasteiger partial charge < -0.3 is 5.73 Å². The van der Waals surface area contributed by atoms with E-state index in [4.69, 9.17) is 5.73 Å². The Morgan fingerprint density at radius 1 is 1.06 bits per heavy atom. The third kappa shape index (κ3) is 1.81. The first-order chi connectivity index (χ1) is 8.36. The highest BCUT2D eigenvalue weighted by molar-refractivity contribution is 7.03. The molecule has 4 heteroatoms. The van der Waals surface area contributed by atoms with Crippen molar-refractivity contribution >= 4 is 22.3 Å². The van der Waals surface area contributed by atoms with E-state index in [0.29, 0.717) is 0 Å². The monoisotopic (exact) mass is 241 g/mol. The average molecular weight is 241 g/mol. The number of benzene rings is 2. The Hall–Kier alpha value is -1.78. The van der Waals surface area contributed by atoms with Crippen LogP contribution in [0.3, 0.4) is 0 Å². The molecule has 0 spiro atoms. The van der Waals surface area contributed by atoms with E-state index in [1.54, 1.807) is 0 Å². The predicted octanol–water partition coefficient (Wildman–Crippen LogP) is 2.74. The zero-order valence-electron chi connectivity index (χ0n) is 9.08. The molecule has 1 atom stereocenters. The smallest absolute Gasteiger partial charge is 0.0968 e. The first-order valence-corrected chi connectivity index (χ1v) is 6.20. The second kappa shape index (κ2) is 4.24. The summed E-state index contributed by atoms with van der Waals surface area (Å²) < 4.78 is 3.86. The number of hydrogen-bond acceptors (Lipinski definition) is 4. The summed E-state index contributed by atoms with van der Waals surface area (Å²) in [6.45, 7) is 0. The van der Waals surface area contributed by atoms with Gasteiger partial charge in [0.2, 0.25) is 0 Å². The Morgan fingerprint density at radius 3 is 2.71 bits per heavy atom. The molecule has 84 valence electrons. The van der Waals surface area contributed by atoms with Crippen LogP contribution in [0, 0.1) is 0 Å². The van der Waals surface area contributed by atoms with Crippen LogP contribution in [0.25, 0.3) is 10.8 Å². The Kier molecular flexibility index (Phi) is 2.59. The first-order valence-electron chi connectivity index (χ1n) is 5.36. The normalized spacial score (nSPS) is 12.8. The fraction of sp³-hybridized carbons (Fsp3) is 0.0769. The summed E-state index contributed by atoms with van der Waals surface area (Å²) in [6, 6.07) is 14.2. The highest BCUT2D eigenvalue weighted by Crippen LogP contribution is 2.26. The van der Waals surface area contributed by atoms with Crippen LogP contribution in [0.15, 0.2) is 47.8 Å². The van der Waals surface area contributed by atoms with Crippen LogP contribution < -0.4 is 5.73 Å². The first kappa shape index (κ1) is 10.4. The average Bonchev–Trinajstić information content (AvgIpc) is 2.91. The van der Waals surface area contributed by atoms with Gasteiger partial charge in [0, 0.05) is 5.38 Å². The fourth-order valence-electron chi connectivity index (χ4n) is 1.99. The minimum Gasteiger partial charge on any atom is -0.319 e. The Bertz CT molecular complexity index is 629. The molecule has 0 amide bonds. The van der Waals surface area contributed by atoms with Crippen molar-refractivity contribution in [3.8, 4) is 0 Å². The molecule has 3 nitrogen and oxygen atoms in total. The van der Waals surface area contributed by atoms with Gasteiger partial charge in [-0.3, -0.25) is 0 Å². The summed E-state index contributed by atoms with van der Waals surface area (Å²) in [5, 5.41) is 8.31. The van der Waals surface area contributed by atoms with Crippen molar-refractivity contribution in [2.24, 2.45) is 5.73 Å². The van der Waals surface area contributed by atoms with E-state index in [9.17, 15) is 0 Å². The molecular weight excluding hydrogens is 230 g/mol. The Labute approximate surface area is 103 Å². The summed E-state index contributed by atoms with van der Waals surface area (Å²) in [5.74, 6) is 0. The minimum absolute atomic E-state index is 0.208. The summed E-state index contributed by atoms with van der Waals surface area (Å²) in [4.78, 5) is 0. The van der Waals surface area contributed by atoms with Gasteiger partial charge in [0.25, 0.3) is 0 Å². The van der Waals surface area contributed by atoms with Crippen molar-refractivity contribution in [1.82, 2.24) is 9.59 Å². The maximum Gasteiger partial charge on any atom is 0.0968 e. The fourth-order valence-corrected chi connectivity index (χ4v) is 2.48. The van der Waals surface area contributed by atoms with Crippen molar-refractivity contribution in [3.05, 3.63) is 59.1 Å². The number of aromatic nitrogens is 2. The summed E-state index contributed by atoms with van der Waals surface area (Å²) in [7, 11) is 0. The number of fused-ring (bicyclic) bond motifs is 1. The zero-order chi connectivity index (χ0) is 11.7. The van der Waals surface area contributed by atoms with E-state index >= 15 is 0 Å². The second-order valence-electron chi connectivity index (χ2n) is 3.88. The van der Waals surface area contributed by atoms with Crippen LogP contribution in [0.5, 0.6) is 0 Å². The number of nitrogens with zero attached hydrogens (tertiary/aromatic N) is 2. The summed E-state index contributed by atoms with van der Waals surface area (Å²) >= 11 is 1.33. The SMILES string of the molecule is NC(c1csnn1)c1cccc2ccccc12. The maximum absolute atomic E-state index is 6.23. The predicted molar refractivity (Wildman–Crippen MR) is 69.9 cm³/mol. The molecule has 3 aromatic rings. The molecule has 0 saturated carbocycles. The van der Waals surface area contributed by atoms with Crippen LogP contribution in [-0.4, -0.2) is 9.59 Å². The summed E-state index contributed by atoms with van der Waals surface area (Å²) in [6.07, 6.45) is 0. The molecule has 17 heavy (non-hydrogen) atoms. The highest BCUT2D eigenvalue weighted by atomic mass is 32.1. The topological polar surface area (TPSA) is 51.8 Å². The molecule has 2 N–H and O–H groups in total. The molecule has 1 heterocycles. The lowest BCUT2D eigenvalue weighted by Crippen LogP contribution is -2.12. The lowest BCUT2D eigenvalue weighted by atomic mass is 9.98. The molecule has 0 saturated heterocycles. The second-order valence-corrected chi connectivity index (χ2v) is 4.49. The largest absolute Gasteiger partial charge is 0.319 e. The van der Waals surface area contributed by atoms with E-state index in [0.717, 1.165) is 11.3 Å². The molecule has 0 radical (unpaired) electrons. The molecule has 2 aromatic carbocycles. The number of nitrogens with two attached hydrogens (primary N) is 1. The maximum atomic E-state index is 6.23. The van der Waals surface area contributed by atoms with Crippen LogP contribution >= 0.6 is 11.5 Å². The van der Waals surface area contributed by atoms with Crippen LogP contribution in [-0.2, 0) is 0 Å². The number of rotatable bonds is 2. The third-order valence-corrected chi connectivity index (χ3v) is 3.38. The molecule has 1 aromatic heterocycles. The van der Waals surface area contributed by atoms with E-state index in [1.807, 2.05) is 29.6 Å². The van der Waals surface area contributed by atoms with E-state index < -0.39 is 0 Å². The van der Waals surface area contributed by atoms with Gasteiger partial charge in [-0.15, -0.1) is 5.10 Å². The van der Waals surface area contributed by atoms with Gasteiger partial charge in [0.05, 0.1) is 11.7 Å². The number of hydrogen-bond donors (Lipinski definition) is 1. The van der Waals surface area contributed by atoms with Gasteiger partial charge in [-0.05, 0) is 27.9 Å². The zero-order valence-corrected chi connectivity index (χ0v) is 9.89. The third-order valence-electron chi connectivity index (χ3n) is 2.85. The van der Waals surface area contributed by atoms with Crippen molar-refractivity contribution < 1.29 is 0 Å². The van der Waals surface area contributed by atoms with Crippen molar-refractivity contribution in [2.45, 2.75) is 6.04 Å². The lowest BCUT2D eigenvalue weighted by molar-refractivity contribution is 0.825. The van der Waals surface area contributed by atoms with E-state index in [1.165, 1.54) is 22.3 Å². The van der Waals surface area contributed by atoms with E-state index in [2.05, 4.69) is 27.8 Å². The summed E-state index contributed by atoms with van der Waals surface area (Å²) in [5.41, 5.74) is 8.15. The minimum atomic E-state index is -0.208. The van der Waals surface area contributed by atoms with Crippen molar-refractivity contribution in [1.29, 1.82) is 0 Å². The lowest BCUT2D eigenvalue weighted by Gasteiger charge is -2.11. The highest BCUT2D eigenvalue weighted by Gasteiger charge is 2.13. The Balaban J connectivity index is 2.17. The van der Waals surface area contributed by atoms with Crippen LogP contribution in [0.1, 0.15) is 17.3 Å². The molecule has 0 aliphatic carbocycles. The standard InChI is InChI=1S/C13H11N3S/c14-13(12-8-17-16-15-12)11-7-3-5-9-4-1-2-6-10(9)11/h1-8,13H,14H2.